The first-order valence-electron chi connectivity index (χ1n) is 4.24. The van der Waals surface area contributed by atoms with E-state index >= 15 is 0 Å². The van der Waals surface area contributed by atoms with Crippen molar-refractivity contribution in [2.24, 2.45) is 0 Å². The summed E-state index contributed by atoms with van der Waals surface area (Å²) in [5, 5.41) is 0.586. The van der Waals surface area contributed by atoms with E-state index in [0.29, 0.717) is 5.02 Å². The van der Waals surface area contributed by atoms with Gasteiger partial charge < -0.3 is 4.74 Å². The highest BCUT2D eigenvalue weighted by Gasteiger charge is 2.06. The minimum absolute atomic E-state index is 0.202. The molecule has 0 saturated carbocycles. The molecule has 3 heteroatoms. The summed E-state index contributed by atoms with van der Waals surface area (Å²) in [6.45, 7) is 3.69. The van der Waals surface area contributed by atoms with Crippen LogP contribution in [0.1, 0.15) is 5.56 Å². The summed E-state index contributed by atoms with van der Waals surface area (Å²) in [7, 11) is 0. The van der Waals surface area contributed by atoms with E-state index in [1.165, 1.54) is 6.08 Å². The first-order chi connectivity index (χ1) is 6.74. The molecule has 0 aliphatic heterocycles. The van der Waals surface area contributed by atoms with Crippen LogP contribution in [0, 0.1) is 0 Å². The predicted molar refractivity (Wildman–Crippen MR) is 56.3 cm³/mol. The molecule has 0 heterocycles. The van der Waals surface area contributed by atoms with Gasteiger partial charge in [0.25, 0.3) is 0 Å². The van der Waals surface area contributed by atoms with Gasteiger partial charge in [-0.15, -0.1) is 0 Å². The van der Waals surface area contributed by atoms with Crippen LogP contribution in [-0.2, 0) is 16.0 Å². The molecule has 0 aromatic heterocycles. The average molecular weight is 211 g/mol. The van der Waals surface area contributed by atoms with Gasteiger partial charge in [-0.25, -0.2) is 0 Å². The Bertz CT molecular complexity index is 334. The number of esters is 1. The maximum atomic E-state index is 11.2. The largest absolute Gasteiger partial charge is 0.461 e. The molecule has 0 N–H and O–H groups in total. The molecule has 1 aromatic rings. The number of hydrogen-bond acceptors (Lipinski definition) is 2. The van der Waals surface area contributed by atoms with Gasteiger partial charge in [0.2, 0.25) is 0 Å². The number of carbonyl (C=O) groups excluding carboxylic acids is 1. The minimum atomic E-state index is -0.294. The Morgan fingerprint density at radius 2 is 2.21 bits per heavy atom. The number of hydrogen-bond donors (Lipinski definition) is 0. The molecule has 0 aliphatic rings. The monoisotopic (exact) mass is 210 g/mol. The Morgan fingerprint density at radius 3 is 2.86 bits per heavy atom. The van der Waals surface area contributed by atoms with Crippen LogP contribution in [0.2, 0.25) is 5.02 Å². The van der Waals surface area contributed by atoms with E-state index < -0.39 is 0 Å². The molecule has 2 nitrogen and oxygen atoms in total. The predicted octanol–water partition coefficient (Wildman–Crippen LogP) is 2.61. The van der Waals surface area contributed by atoms with Crippen LogP contribution in [-0.4, -0.2) is 12.6 Å². The van der Waals surface area contributed by atoms with Gasteiger partial charge in [0, 0.05) is 5.02 Å². The third kappa shape index (κ3) is 3.23. The molecule has 0 unspecified atom stereocenters. The first-order valence-corrected chi connectivity index (χ1v) is 4.61. The Labute approximate surface area is 88.1 Å². The van der Waals surface area contributed by atoms with Crippen molar-refractivity contribution >= 4 is 17.6 Å². The highest BCUT2D eigenvalue weighted by atomic mass is 35.5. The molecule has 0 saturated heterocycles. The van der Waals surface area contributed by atoms with Crippen LogP contribution >= 0.6 is 11.6 Å². The zero-order chi connectivity index (χ0) is 10.4. The van der Waals surface area contributed by atoms with Gasteiger partial charge in [-0.3, -0.25) is 4.79 Å². The van der Waals surface area contributed by atoms with Gasteiger partial charge in [0.15, 0.2) is 0 Å². The summed E-state index contributed by atoms with van der Waals surface area (Å²) in [6, 6.07) is 7.21. The van der Waals surface area contributed by atoms with E-state index in [9.17, 15) is 4.79 Å². The fraction of sp³-hybridized carbons (Fsp3) is 0.182. The lowest BCUT2D eigenvalue weighted by Gasteiger charge is -2.03. The SMILES string of the molecule is C=CCOC(=O)Cc1ccccc1Cl. The third-order valence-corrected chi connectivity index (χ3v) is 2.02. The summed E-state index contributed by atoms with van der Waals surface area (Å²) in [5.41, 5.74) is 0.781. The van der Waals surface area contributed by atoms with Crippen molar-refractivity contribution in [3.63, 3.8) is 0 Å². The number of benzene rings is 1. The highest BCUT2D eigenvalue weighted by Crippen LogP contribution is 2.15. The molecule has 0 aliphatic carbocycles. The van der Waals surface area contributed by atoms with Crippen LogP contribution < -0.4 is 0 Å². The topological polar surface area (TPSA) is 26.3 Å². The lowest BCUT2D eigenvalue weighted by molar-refractivity contribution is -0.141. The van der Waals surface area contributed by atoms with E-state index in [-0.39, 0.29) is 19.0 Å². The molecule has 14 heavy (non-hydrogen) atoms. The van der Waals surface area contributed by atoms with Gasteiger partial charge in [-0.1, -0.05) is 42.5 Å². The van der Waals surface area contributed by atoms with Crippen LogP contribution in [0.25, 0.3) is 0 Å². The number of carbonyl (C=O) groups is 1. The Morgan fingerprint density at radius 1 is 1.50 bits per heavy atom. The third-order valence-electron chi connectivity index (χ3n) is 1.65. The minimum Gasteiger partial charge on any atom is -0.461 e. The maximum Gasteiger partial charge on any atom is 0.310 e. The quantitative estimate of drug-likeness (QED) is 0.564. The molecule has 1 rings (SSSR count). The molecular formula is C11H11ClO2. The lowest BCUT2D eigenvalue weighted by atomic mass is 10.1. The molecule has 74 valence electrons. The number of halogens is 1. The van der Waals surface area contributed by atoms with Crippen molar-refractivity contribution < 1.29 is 9.53 Å². The molecule has 0 radical (unpaired) electrons. The van der Waals surface area contributed by atoms with E-state index in [0.717, 1.165) is 5.56 Å². The zero-order valence-electron chi connectivity index (χ0n) is 7.70. The van der Waals surface area contributed by atoms with Crippen LogP contribution in [0.5, 0.6) is 0 Å². The number of ether oxygens (including phenoxy) is 1. The van der Waals surface area contributed by atoms with Gasteiger partial charge >= 0.3 is 5.97 Å². The number of rotatable bonds is 4. The summed E-state index contributed by atoms with van der Waals surface area (Å²) in [4.78, 5) is 11.2. The fourth-order valence-electron chi connectivity index (χ4n) is 1.00. The average Bonchev–Trinajstić information content (AvgIpc) is 2.18. The lowest BCUT2D eigenvalue weighted by Crippen LogP contribution is -2.08. The zero-order valence-corrected chi connectivity index (χ0v) is 8.46. The molecule has 0 amide bonds. The normalized spacial score (nSPS) is 9.50. The van der Waals surface area contributed by atoms with E-state index in [2.05, 4.69) is 6.58 Å². The fourth-order valence-corrected chi connectivity index (χ4v) is 1.20. The van der Waals surface area contributed by atoms with Gasteiger partial charge in [0.05, 0.1) is 6.42 Å². The Kier molecular flexibility index (Phi) is 4.20. The van der Waals surface area contributed by atoms with Gasteiger partial charge in [-0.2, -0.15) is 0 Å². The first kappa shape index (κ1) is 10.8. The summed E-state index contributed by atoms with van der Waals surface area (Å²) >= 11 is 5.87. The van der Waals surface area contributed by atoms with Crippen molar-refractivity contribution in [2.45, 2.75) is 6.42 Å². The van der Waals surface area contributed by atoms with Crippen molar-refractivity contribution in [3.8, 4) is 0 Å². The maximum absolute atomic E-state index is 11.2. The van der Waals surface area contributed by atoms with Crippen molar-refractivity contribution in [1.82, 2.24) is 0 Å². The van der Waals surface area contributed by atoms with Crippen molar-refractivity contribution in [1.29, 1.82) is 0 Å². The van der Waals surface area contributed by atoms with E-state index in [1.54, 1.807) is 12.1 Å². The molecular weight excluding hydrogens is 200 g/mol. The summed E-state index contributed by atoms with van der Waals surface area (Å²) in [5.74, 6) is -0.294. The van der Waals surface area contributed by atoms with Crippen LogP contribution in [0.3, 0.4) is 0 Å². The van der Waals surface area contributed by atoms with Crippen LogP contribution in [0.4, 0.5) is 0 Å². The van der Waals surface area contributed by atoms with E-state index in [1.807, 2.05) is 12.1 Å². The van der Waals surface area contributed by atoms with Gasteiger partial charge in [0.1, 0.15) is 6.61 Å². The van der Waals surface area contributed by atoms with Crippen LogP contribution in [0.15, 0.2) is 36.9 Å². The summed E-state index contributed by atoms with van der Waals surface area (Å²) < 4.78 is 4.83. The smallest absolute Gasteiger partial charge is 0.310 e. The second-order valence-corrected chi connectivity index (χ2v) is 3.15. The molecule has 0 bridgehead atoms. The van der Waals surface area contributed by atoms with E-state index in [4.69, 9.17) is 16.3 Å². The standard InChI is InChI=1S/C11H11ClO2/c1-2-7-14-11(13)8-9-5-3-4-6-10(9)12/h2-6H,1,7-8H2. The Hall–Kier alpha value is -1.28. The molecule has 1 aromatic carbocycles. The highest BCUT2D eigenvalue weighted by molar-refractivity contribution is 6.31. The molecule has 0 fully saturated rings. The second kappa shape index (κ2) is 5.45. The molecule has 0 atom stereocenters. The molecule has 0 spiro atoms. The summed E-state index contributed by atoms with van der Waals surface area (Å²) in [6.07, 6.45) is 1.73. The second-order valence-electron chi connectivity index (χ2n) is 2.74. The Balaban J connectivity index is 2.56. The van der Waals surface area contributed by atoms with Crippen molar-refractivity contribution in [3.05, 3.63) is 47.5 Å². The van der Waals surface area contributed by atoms with Gasteiger partial charge in [-0.05, 0) is 11.6 Å². The van der Waals surface area contributed by atoms with Crippen molar-refractivity contribution in [2.75, 3.05) is 6.61 Å².